The summed E-state index contributed by atoms with van der Waals surface area (Å²) in [5, 5.41) is 1.09. The monoisotopic (exact) mass is 691 g/mol. The molecular formula is C33H34IrN4-2. The zero-order valence-corrected chi connectivity index (χ0v) is 23.8. The predicted molar refractivity (Wildman–Crippen MR) is 153 cm³/mol. The van der Waals surface area contributed by atoms with Gasteiger partial charge in [0.1, 0.15) is 6.33 Å². The van der Waals surface area contributed by atoms with E-state index in [4.69, 9.17) is 16.4 Å². The van der Waals surface area contributed by atoms with Gasteiger partial charge in [-0.05, 0) is 65.0 Å². The maximum absolute atomic E-state index is 7.62. The molecule has 5 aromatic rings. The van der Waals surface area contributed by atoms with Crippen molar-refractivity contribution in [2.45, 2.75) is 61.0 Å². The van der Waals surface area contributed by atoms with Crippen molar-refractivity contribution in [1.82, 2.24) is 19.9 Å². The minimum Gasteiger partial charge on any atom is -0.354 e. The number of fused-ring (bicyclic) bond motifs is 1. The Hall–Kier alpha value is -3.27. The van der Waals surface area contributed by atoms with Gasteiger partial charge in [0.2, 0.25) is 0 Å². The van der Waals surface area contributed by atoms with Crippen molar-refractivity contribution in [3.8, 4) is 22.5 Å². The summed E-state index contributed by atoms with van der Waals surface area (Å²) in [4.78, 5) is 16.5. The van der Waals surface area contributed by atoms with E-state index >= 15 is 0 Å². The maximum atomic E-state index is 7.62. The molecule has 0 bridgehead atoms. The number of aryl methyl sites for hydroxylation is 6. The van der Waals surface area contributed by atoms with Crippen LogP contribution in [0.25, 0.3) is 33.4 Å². The number of pyridine rings is 2. The molecule has 0 spiro atoms. The Balaban J connectivity index is 0.000000274. The second-order valence-corrected chi connectivity index (χ2v) is 9.03. The molecule has 4 nitrogen and oxygen atoms in total. The van der Waals surface area contributed by atoms with E-state index in [9.17, 15) is 0 Å². The van der Waals surface area contributed by atoms with Crippen molar-refractivity contribution < 1.29 is 36.6 Å². The molecule has 5 heteroatoms. The summed E-state index contributed by atoms with van der Waals surface area (Å²) in [7, 11) is 0. The van der Waals surface area contributed by atoms with Crippen molar-refractivity contribution in [2.24, 2.45) is 0 Å². The number of rotatable bonds is 3. The Kier molecular flexibility index (Phi) is 5.48. The quantitative estimate of drug-likeness (QED) is 0.180. The molecule has 0 saturated carbocycles. The van der Waals surface area contributed by atoms with Crippen LogP contribution in [-0.4, -0.2) is 19.9 Å². The first kappa shape index (κ1) is 16.6. The van der Waals surface area contributed by atoms with Gasteiger partial charge in [0.15, 0.2) is 0 Å². The van der Waals surface area contributed by atoms with Crippen LogP contribution >= 0.6 is 0 Å². The SMILES string of the molecule is Cc1[c-]c(-c2ncnc3cc(C(C)C)ccc23)cc(C)c1.[2H]C([2H])([2H])c1c[c-]c(-c2cc(C([2H])([2H])[2H])c(C([2H])([2H])[2H])cn2)c(C([2H])([2H])[2H])n1.[Ir]. The van der Waals surface area contributed by atoms with Gasteiger partial charge in [-0.1, -0.05) is 65.2 Å². The van der Waals surface area contributed by atoms with Gasteiger partial charge < -0.3 is 9.97 Å². The Morgan fingerprint density at radius 2 is 1.74 bits per heavy atom. The van der Waals surface area contributed by atoms with E-state index in [1.807, 2.05) is 0 Å². The van der Waals surface area contributed by atoms with Crippen molar-refractivity contribution in [2.75, 3.05) is 0 Å². The average Bonchev–Trinajstić information content (AvgIpc) is 2.98. The van der Waals surface area contributed by atoms with Gasteiger partial charge in [-0.2, -0.15) is 0 Å². The third-order valence-electron chi connectivity index (χ3n) is 5.71. The smallest absolute Gasteiger partial charge is 0.106 e. The van der Waals surface area contributed by atoms with E-state index in [2.05, 4.69) is 90.1 Å². The van der Waals surface area contributed by atoms with Gasteiger partial charge in [-0.3, -0.25) is 4.98 Å². The Labute approximate surface area is 257 Å². The average molecular weight is 691 g/mol. The van der Waals surface area contributed by atoms with Crippen LogP contribution in [0, 0.1) is 53.4 Å². The molecule has 5 rings (SSSR count). The molecule has 3 aromatic heterocycles. The van der Waals surface area contributed by atoms with Crippen LogP contribution in [0.4, 0.5) is 0 Å². The second-order valence-electron chi connectivity index (χ2n) is 9.03. The molecule has 0 aliphatic carbocycles. The number of benzene rings is 2. The molecule has 0 aliphatic heterocycles. The second kappa shape index (κ2) is 12.5. The van der Waals surface area contributed by atoms with Crippen LogP contribution in [-0.2, 0) is 20.1 Å². The van der Waals surface area contributed by atoms with E-state index < -0.39 is 49.9 Å². The van der Waals surface area contributed by atoms with Crippen molar-refractivity contribution in [3.63, 3.8) is 0 Å². The minimum absolute atomic E-state index is 0. The fraction of sp³-hybridized carbons (Fsp3) is 0.273. The summed E-state index contributed by atoms with van der Waals surface area (Å²) >= 11 is 0. The Bertz CT molecular complexity index is 1960. The molecule has 1 radical (unpaired) electrons. The van der Waals surface area contributed by atoms with E-state index in [1.54, 1.807) is 6.33 Å². The van der Waals surface area contributed by atoms with Gasteiger partial charge in [0, 0.05) is 42.8 Å². The zero-order valence-electron chi connectivity index (χ0n) is 33.4. The van der Waals surface area contributed by atoms with Gasteiger partial charge in [0.05, 0.1) is 5.52 Å². The van der Waals surface area contributed by atoms with Gasteiger partial charge >= 0.3 is 0 Å². The predicted octanol–water partition coefficient (Wildman–Crippen LogP) is 8.01. The maximum Gasteiger partial charge on any atom is 0.106 e. The van der Waals surface area contributed by atoms with Crippen LogP contribution in [0.3, 0.4) is 0 Å². The molecule has 38 heavy (non-hydrogen) atoms. The normalized spacial score (nSPS) is 16.7. The molecule has 0 amide bonds. The van der Waals surface area contributed by atoms with E-state index in [0.29, 0.717) is 5.92 Å². The first-order valence-electron chi connectivity index (χ1n) is 17.7. The summed E-state index contributed by atoms with van der Waals surface area (Å²) in [6.45, 7) is -2.48. The molecule has 0 N–H and O–H groups in total. The van der Waals surface area contributed by atoms with Crippen LogP contribution < -0.4 is 0 Å². The van der Waals surface area contributed by atoms with Crippen LogP contribution in [0.15, 0.2) is 55.0 Å². The molecule has 197 valence electrons. The molecule has 3 heterocycles. The van der Waals surface area contributed by atoms with Crippen molar-refractivity contribution >= 4 is 10.9 Å². The molecular weight excluding hydrogens is 645 g/mol. The standard InChI is InChI=1S/C19H19N2.C14H15N2.Ir/c1-12(2)15-5-6-17-18(10-15)20-11-21-19(17)16-8-13(3)7-14(4)9-16;1-9-7-14(15-8-10(9)2)13-6-5-11(3)16-12(13)4;/h5-8,10-12H,1-4H3;5,7-8H,1-4H3;/q2*-1;/i;1D3,2D3,3D3,4D3;. The molecule has 2 aromatic carbocycles. The molecule has 0 unspecified atom stereocenters. The summed E-state index contributed by atoms with van der Waals surface area (Å²) in [5.41, 5.74) is 4.15. The number of aromatic nitrogens is 4. The van der Waals surface area contributed by atoms with Crippen LogP contribution in [0.5, 0.6) is 0 Å². The fourth-order valence-electron chi connectivity index (χ4n) is 3.88. The Morgan fingerprint density at radius 3 is 2.45 bits per heavy atom. The van der Waals surface area contributed by atoms with Gasteiger partial charge in [0.25, 0.3) is 0 Å². The van der Waals surface area contributed by atoms with E-state index in [1.165, 1.54) is 11.1 Å². The Morgan fingerprint density at radius 1 is 0.895 bits per heavy atom. The first-order valence-corrected chi connectivity index (χ1v) is 11.7. The molecule has 0 atom stereocenters. The van der Waals surface area contributed by atoms with Crippen LogP contribution in [0.2, 0.25) is 0 Å². The first-order chi connectivity index (χ1) is 22.5. The number of hydrogen-bond donors (Lipinski definition) is 0. The number of nitrogens with zero attached hydrogens (tertiary/aromatic N) is 4. The summed E-state index contributed by atoms with van der Waals surface area (Å²) in [5.74, 6) is 0.501. The summed E-state index contributed by atoms with van der Waals surface area (Å²) in [6, 6.07) is 18.6. The third-order valence-corrected chi connectivity index (χ3v) is 5.71. The largest absolute Gasteiger partial charge is 0.354 e. The molecule has 0 saturated heterocycles. The summed E-state index contributed by atoms with van der Waals surface area (Å²) in [6.07, 6.45) is 2.49. The van der Waals surface area contributed by atoms with Crippen LogP contribution in [0.1, 0.15) is 75.4 Å². The van der Waals surface area contributed by atoms with Gasteiger partial charge in [-0.25, -0.2) is 4.98 Å². The van der Waals surface area contributed by atoms with E-state index in [0.717, 1.165) is 46.1 Å². The third kappa shape index (κ3) is 6.78. The van der Waals surface area contributed by atoms with Crippen molar-refractivity contribution in [1.29, 1.82) is 0 Å². The topological polar surface area (TPSA) is 51.6 Å². The molecule has 0 aliphatic rings. The number of hydrogen-bond acceptors (Lipinski definition) is 4. The zero-order chi connectivity index (χ0) is 36.7. The molecule has 0 fully saturated rings. The van der Waals surface area contributed by atoms with Crippen molar-refractivity contribution in [3.05, 3.63) is 106 Å². The van der Waals surface area contributed by atoms with E-state index in [-0.39, 0.29) is 31.4 Å². The minimum atomic E-state index is -2.84. The van der Waals surface area contributed by atoms with Gasteiger partial charge in [-0.15, -0.1) is 52.6 Å². The summed E-state index contributed by atoms with van der Waals surface area (Å²) < 4.78 is 90.2. The fourth-order valence-corrected chi connectivity index (χ4v) is 3.88.